The fraction of sp³-hybridized carbons (Fsp3) is 0.451. The van der Waals surface area contributed by atoms with E-state index in [-0.39, 0.29) is 60.2 Å². The molecule has 7 aromatic rings. The number of fused-ring (bicyclic) bond motifs is 1. The van der Waals surface area contributed by atoms with Gasteiger partial charge in [-0.1, -0.05) is 102 Å². The lowest BCUT2D eigenvalue weighted by Crippen LogP contribution is -2.51. The molecule has 5 aromatic carbocycles. The summed E-state index contributed by atoms with van der Waals surface area (Å²) in [6, 6.07) is 30.3. The van der Waals surface area contributed by atoms with Crippen molar-refractivity contribution in [1.29, 1.82) is 0 Å². The first-order valence-electron chi connectivity index (χ1n) is 33.2. The first kappa shape index (κ1) is 75.9. The standard InChI is InChI=1S/C25H27Cl2N3O3.C24H29Cl2N3O4S.C22H28Cl2N4O2.H2O.5H2/c1-16(13-28-25(32)21-14-29-24(31)20-5-3-2-4-19(20)21)15-30-10-8-17(9-11-30)33-18-6-7-22(26)23(27)12-18;1-32-18-2-5-21(6-3-18)34(31)27-24(30)29-12-8-17(9-13-29)28-14-10-19(11-15-28)33-20-4-7-22(25)23(26)16-20;1-14(11-25-22(29)18-12-26-27-21(18)15-2-3-15)13-28-8-6-16(7-9-28)30-17-4-5-19(23)20(24)10-17;;;;;;/h2-7,12,14,16-17H,8-11,13,15H2,1H3,(H,28,32)(H,29,31);2-7,16-17,19H,8-15H2,1H3,(H,27,30);4-5,10,12,14-16H,2-3,6-9,11,13H2,1H3,(H,25,29)(H,26,27);1H2;5*1H/t16-;;14-;;;;;;/m1.1....../s1. The molecule has 27 heteroatoms. The number of nitrogens with zero attached hydrogens (tertiary/aromatic N) is 5. The Morgan fingerprint density at radius 3 is 1.49 bits per heavy atom. The molecule has 1 unspecified atom stereocenters. The maximum Gasteiger partial charge on any atom is 0.329 e. The molecule has 1 aliphatic carbocycles. The molecule has 6 heterocycles. The van der Waals surface area contributed by atoms with E-state index in [4.69, 9.17) is 88.6 Å². The molecular formula is C71H96Cl6N10O10S. The van der Waals surface area contributed by atoms with Crippen molar-refractivity contribution in [3.05, 3.63) is 173 Å². The van der Waals surface area contributed by atoms with Crippen LogP contribution in [0.5, 0.6) is 23.0 Å². The van der Waals surface area contributed by atoms with Crippen LogP contribution in [-0.4, -0.2) is 172 Å². The summed E-state index contributed by atoms with van der Waals surface area (Å²) in [6.45, 7) is 14.5. The lowest BCUT2D eigenvalue weighted by atomic mass is 9.99. The van der Waals surface area contributed by atoms with Crippen LogP contribution in [0, 0.1) is 11.8 Å². The second kappa shape index (κ2) is 36.8. The molecule has 2 aromatic heterocycles. The fourth-order valence-electron chi connectivity index (χ4n) is 12.6. The van der Waals surface area contributed by atoms with Crippen LogP contribution in [0.4, 0.5) is 4.79 Å². The average Bonchev–Trinajstić information content (AvgIpc) is 0.969. The molecule has 3 atom stereocenters. The molecule has 7 N–H and O–H groups in total. The van der Waals surface area contributed by atoms with Crippen molar-refractivity contribution < 1.29 is 50.1 Å². The van der Waals surface area contributed by atoms with E-state index in [9.17, 15) is 23.4 Å². The van der Waals surface area contributed by atoms with Crippen molar-refractivity contribution in [2.75, 3.05) is 85.6 Å². The number of methoxy groups -OCH3 is 1. The normalized spacial score (nSPS) is 17.7. The summed E-state index contributed by atoms with van der Waals surface area (Å²) in [5, 5.41) is 17.4. The molecule has 1 saturated carbocycles. The van der Waals surface area contributed by atoms with Gasteiger partial charge in [-0.3, -0.25) is 29.1 Å². The Labute approximate surface area is 612 Å². The molecule has 98 heavy (non-hydrogen) atoms. The zero-order valence-electron chi connectivity index (χ0n) is 55.2. The number of hydrogen-bond donors (Lipinski definition) is 5. The number of hydrogen-bond acceptors (Lipinski definition) is 13. The van der Waals surface area contributed by atoms with Crippen molar-refractivity contribution in [1.82, 2.24) is 50.1 Å². The third-order valence-corrected chi connectivity index (χ3v) is 21.4. The second-order valence-electron chi connectivity index (χ2n) is 25.6. The van der Waals surface area contributed by atoms with Crippen LogP contribution in [0.1, 0.15) is 118 Å². The summed E-state index contributed by atoms with van der Waals surface area (Å²) in [6.07, 6.45) is 13.4. The fourth-order valence-corrected chi connectivity index (χ4v) is 14.3. The van der Waals surface area contributed by atoms with Crippen LogP contribution < -0.4 is 39.9 Å². The quantitative estimate of drug-likeness (QED) is 0.0450. The van der Waals surface area contributed by atoms with Gasteiger partial charge < -0.3 is 54.7 Å². The minimum atomic E-state index is -1.60. The number of rotatable bonds is 21. The molecule has 538 valence electrons. The topological polar surface area (TPSA) is 247 Å². The average molecular weight is 1490 g/mol. The number of benzene rings is 5. The Morgan fingerprint density at radius 2 is 1.03 bits per heavy atom. The zero-order chi connectivity index (χ0) is 68.5. The molecule has 5 aliphatic rings. The van der Waals surface area contributed by atoms with Gasteiger partial charge in [-0.2, -0.15) is 5.10 Å². The number of H-pyrrole nitrogens is 2. The van der Waals surface area contributed by atoms with Crippen molar-refractivity contribution in [3.8, 4) is 23.0 Å². The number of amides is 4. The molecule has 20 nitrogen and oxygen atoms in total. The van der Waals surface area contributed by atoms with E-state index in [1.54, 1.807) is 97.1 Å². The predicted octanol–water partition coefficient (Wildman–Crippen LogP) is 14.4. The molecule has 4 amide bonds. The van der Waals surface area contributed by atoms with E-state index in [0.29, 0.717) is 107 Å². The van der Waals surface area contributed by atoms with Gasteiger partial charge in [0.15, 0.2) is 11.0 Å². The lowest BCUT2D eigenvalue weighted by molar-refractivity contribution is 0.0540. The molecule has 4 aliphatic heterocycles. The number of nitrogens with one attached hydrogen (secondary N) is 5. The third kappa shape index (κ3) is 21.8. The van der Waals surface area contributed by atoms with E-state index >= 15 is 0 Å². The molecule has 0 bridgehead atoms. The molecular weight excluding hydrogens is 1400 g/mol. The van der Waals surface area contributed by atoms with Crippen molar-refractivity contribution in [2.45, 2.75) is 113 Å². The Bertz CT molecular complexity index is 3890. The highest BCUT2D eigenvalue weighted by atomic mass is 35.5. The predicted molar refractivity (Wildman–Crippen MR) is 400 cm³/mol. The van der Waals surface area contributed by atoms with Crippen LogP contribution in [0.3, 0.4) is 0 Å². The number of halogens is 6. The largest absolute Gasteiger partial charge is 0.497 e. The SMILES string of the molecule is COc1ccc(S(=O)NC(=O)N2CCC(N3CCC(Oc4ccc(Cl)c(Cl)c4)CC3)CC2)cc1.C[C@H](CNC(=O)c1c[nH]c(=O)c2ccccc12)CN1CCC(Oc2ccc(Cl)c(Cl)c2)CC1.C[C@H](CNC(=O)c1cn[nH]c1C1CC1)CN1CCC(Oc2ccc(Cl)c(Cl)c2)CC1.O.[HH].[HH].[HH].[HH].[HH]. The number of likely N-dealkylation sites (tertiary alicyclic amines) is 4. The van der Waals surface area contributed by atoms with E-state index in [0.717, 1.165) is 140 Å². The minimum absolute atomic E-state index is 0. The summed E-state index contributed by atoms with van der Waals surface area (Å²) in [5.41, 5.74) is 1.98. The van der Waals surface area contributed by atoms with Crippen molar-refractivity contribution in [2.24, 2.45) is 11.8 Å². The van der Waals surface area contributed by atoms with Crippen molar-refractivity contribution >= 4 is 109 Å². The molecule has 5 fully saturated rings. The monoisotopic (exact) mass is 1490 g/mol. The molecule has 0 radical (unpaired) electrons. The van der Waals surface area contributed by atoms with E-state index in [2.05, 4.69) is 59.1 Å². The van der Waals surface area contributed by atoms with Gasteiger partial charge in [0.1, 0.15) is 41.3 Å². The van der Waals surface area contributed by atoms with Gasteiger partial charge in [-0.05, 0) is 143 Å². The first-order chi connectivity index (χ1) is 46.8. The number of carbonyl (C=O) groups excluding carboxylic acids is 3. The molecule has 12 rings (SSSR count). The van der Waals surface area contributed by atoms with Gasteiger partial charge in [0.05, 0.1) is 65.2 Å². The highest BCUT2D eigenvalue weighted by Crippen LogP contribution is 2.40. The number of ether oxygens (including phenoxy) is 4. The van der Waals surface area contributed by atoms with Gasteiger partial charge in [-0.15, -0.1) is 0 Å². The van der Waals surface area contributed by atoms with Crippen LogP contribution >= 0.6 is 69.6 Å². The molecule has 0 spiro atoms. The second-order valence-corrected chi connectivity index (χ2v) is 29.2. The first-order valence-corrected chi connectivity index (χ1v) is 36.6. The van der Waals surface area contributed by atoms with Gasteiger partial charge in [0.25, 0.3) is 17.4 Å². The van der Waals surface area contributed by atoms with E-state index in [1.807, 2.05) is 24.3 Å². The summed E-state index contributed by atoms with van der Waals surface area (Å²) in [7, 11) is -0.0246. The van der Waals surface area contributed by atoms with Crippen LogP contribution in [0.25, 0.3) is 10.8 Å². The number of aromatic amines is 2. The van der Waals surface area contributed by atoms with Crippen LogP contribution in [0.15, 0.2) is 125 Å². The van der Waals surface area contributed by atoms with E-state index < -0.39 is 11.0 Å². The minimum Gasteiger partial charge on any atom is -0.497 e. The smallest absolute Gasteiger partial charge is 0.329 e. The highest BCUT2D eigenvalue weighted by molar-refractivity contribution is 7.83. The Hall–Kier alpha value is -6.34. The number of carbonyl (C=O) groups is 3. The lowest BCUT2D eigenvalue weighted by Gasteiger charge is -2.41. The Morgan fingerprint density at radius 1 is 0.582 bits per heavy atom. The Balaban J connectivity index is 0.000000319. The van der Waals surface area contributed by atoms with Crippen molar-refractivity contribution in [3.63, 3.8) is 0 Å². The summed E-state index contributed by atoms with van der Waals surface area (Å²) in [5.74, 6) is 3.89. The summed E-state index contributed by atoms with van der Waals surface area (Å²) in [4.78, 5) is 62.1. The third-order valence-electron chi connectivity index (χ3n) is 18.2. The van der Waals surface area contributed by atoms with E-state index in [1.165, 1.54) is 6.20 Å². The Kier molecular flexibility index (Phi) is 28.5. The zero-order valence-corrected chi connectivity index (χ0v) is 60.5. The van der Waals surface area contributed by atoms with Gasteiger partial charge in [0.2, 0.25) is 0 Å². The summed E-state index contributed by atoms with van der Waals surface area (Å²) < 4.78 is 38.4. The van der Waals surface area contributed by atoms with Gasteiger partial charge >= 0.3 is 6.03 Å². The number of aromatic nitrogens is 3. The van der Waals surface area contributed by atoms with Crippen LogP contribution in [0.2, 0.25) is 30.1 Å². The summed E-state index contributed by atoms with van der Waals surface area (Å²) >= 11 is 36.1. The number of urea groups is 1. The maximum absolute atomic E-state index is 12.7. The maximum atomic E-state index is 12.7. The number of pyridine rings is 1. The van der Waals surface area contributed by atoms with Crippen LogP contribution in [-0.2, 0) is 11.0 Å². The van der Waals surface area contributed by atoms with Gasteiger partial charge in [0, 0.05) is 133 Å². The number of piperidine rings is 4. The molecule has 4 saturated heterocycles. The highest BCUT2D eigenvalue weighted by Gasteiger charge is 2.33. The van der Waals surface area contributed by atoms with Gasteiger partial charge in [-0.25, -0.2) is 9.00 Å².